The number of benzene rings is 4. The lowest BCUT2D eigenvalue weighted by molar-refractivity contribution is 0.514. The zero-order valence-corrected chi connectivity index (χ0v) is 14.7. The molecule has 0 fully saturated rings. The SMILES string of the molecule is Cc1ccc(-c2ccc(-c3ccc4cc(C)ccc4c3)c(F)c2F)cc1. The summed E-state index contributed by atoms with van der Waals surface area (Å²) in [5, 5.41) is 2.10. The molecule has 0 atom stereocenters. The van der Waals surface area contributed by atoms with Crippen LogP contribution in [-0.2, 0) is 0 Å². The summed E-state index contributed by atoms with van der Waals surface area (Å²) in [5.74, 6) is -1.62. The van der Waals surface area contributed by atoms with Gasteiger partial charge >= 0.3 is 0 Å². The second kappa shape index (κ2) is 6.38. The van der Waals surface area contributed by atoms with Crippen molar-refractivity contribution < 1.29 is 8.78 Å². The Kier molecular flexibility index (Phi) is 4.04. The highest BCUT2D eigenvalue weighted by molar-refractivity contribution is 5.88. The van der Waals surface area contributed by atoms with E-state index in [1.165, 1.54) is 5.56 Å². The molecule has 0 nitrogen and oxygen atoms in total. The number of fused-ring (bicyclic) bond motifs is 1. The van der Waals surface area contributed by atoms with E-state index in [1.54, 1.807) is 12.1 Å². The molecule has 4 rings (SSSR count). The summed E-state index contributed by atoms with van der Waals surface area (Å²) in [5.41, 5.74) is 4.16. The molecule has 128 valence electrons. The fraction of sp³-hybridized carbons (Fsp3) is 0.0833. The van der Waals surface area contributed by atoms with Gasteiger partial charge in [-0.05, 0) is 41.8 Å². The van der Waals surface area contributed by atoms with E-state index < -0.39 is 11.6 Å². The van der Waals surface area contributed by atoms with Crippen LogP contribution in [0.4, 0.5) is 8.78 Å². The van der Waals surface area contributed by atoms with E-state index in [-0.39, 0.29) is 11.1 Å². The third-order valence-corrected chi connectivity index (χ3v) is 4.75. The number of hydrogen-bond acceptors (Lipinski definition) is 0. The molecule has 0 radical (unpaired) electrons. The Bertz CT molecular complexity index is 1110. The van der Waals surface area contributed by atoms with Gasteiger partial charge in [0.05, 0.1) is 0 Å². The molecule has 0 N–H and O–H groups in total. The van der Waals surface area contributed by atoms with Gasteiger partial charge in [-0.2, -0.15) is 0 Å². The zero-order valence-electron chi connectivity index (χ0n) is 14.7. The first-order valence-electron chi connectivity index (χ1n) is 8.59. The van der Waals surface area contributed by atoms with Crippen molar-refractivity contribution in [3.05, 3.63) is 95.6 Å². The van der Waals surface area contributed by atoms with E-state index in [2.05, 4.69) is 6.07 Å². The summed E-state index contributed by atoms with van der Waals surface area (Å²) in [6, 6.07) is 22.5. The summed E-state index contributed by atoms with van der Waals surface area (Å²) in [6.45, 7) is 4.00. The van der Waals surface area contributed by atoms with Crippen molar-refractivity contribution >= 4 is 10.8 Å². The molecule has 0 aliphatic rings. The van der Waals surface area contributed by atoms with Crippen LogP contribution >= 0.6 is 0 Å². The Morgan fingerprint density at radius 3 is 1.69 bits per heavy atom. The standard InChI is InChI=1S/C24H18F2/c1-15-3-6-17(7-4-15)21-11-12-22(24(26)23(21)25)20-10-9-18-13-16(2)5-8-19(18)14-20/h3-14H,1-2H3. The average Bonchev–Trinajstić information content (AvgIpc) is 2.64. The van der Waals surface area contributed by atoms with Crippen LogP contribution in [0.3, 0.4) is 0 Å². The van der Waals surface area contributed by atoms with Crippen molar-refractivity contribution in [2.75, 3.05) is 0 Å². The minimum absolute atomic E-state index is 0.279. The molecule has 0 aromatic heterocycles. The van der Waals surface area contributed by atoms with Crippen molar-refractivity contribution in [3.8, 4) is 22.3 Å². The fourth-order valence-corrected chi connectivity index (χ4v) is 3.26. The smallest absolute Gasteiger partial charge is 0.167 e. The van der Waals surface area contributed by atoms with Gasteiger partial charge < -0.3 is 0 Å². The Morgan fingerprint density at radius 2 is 1.00 bits per heavy atom. The molecule has 26 heavy (non-hydrogen) atoms. The van der Waals surface area contributed by atoms with Crippen LogP contribution in [0, 0.1) is 25.5 Å². The molecular weight excluding hydrogens is 326 g/mol. The van der Waals surface area contributed by atoms with E-state index in [1.807, 2.05) is 68.4 Å². The minimum atomic E-state index is -0.811. The van der Waals surface area contributed by atoms with Crippen LogP contribution in [0.15, 0.2) is 72.8 Å². The van der Waals surface area contributed by atoms with Gasteiger partial charge in [0.1, 0.15) is 0 Å². The summed E-state index contributed by atoms with van der Waals surface area (Å²) in [6.07, 6.45) is 0. The average molecular weight is 344 g/mol. The highest BCUT2D eigenvalue weighted by atomic mass is 19.2. The largest absolute Gasteiger partial charge is 0.203 e. The van der Waals surface area contributed by atoms with Crippen LogP contribution in [0.25, 0.3) is 33.0 Å². The molecule has 0 unspecified atom stereocenters. The lowest BCUT2D eigenvalue weighted by Gasteiger charge is -2.10. The number of halogens is 2. The molecule has 4 aromatic carbocycles. The molecule has 4 aromatic rings. The second-order valence-corrected chi connectivity index (χ2v) is 6.72. The molecule has 0 aliphatic heterocycles. The van der Waals surface area contributed by atoms with E-state index in [9.17, 15) is 8.78 Å². The topological polar surface area (TPSA) is 0 Å². The van der Waals surface area contributed by atoms with Gasteiger partial charge in [0, 0.05) is 11.1 Å². The first-order valence-corrected chi connectivity index (χ1v) is 8.59. The van der Waals surface area contributed by atoms with E-state index in [0.29, 0.717) is 11.1 Å². The lowest BCUT2D eigenvalue weighted by Crippen LogP contribution is -1.94. The minimum Gasteiger partial charge on any atom is -0.203 e. The van der Waals surface area contributed by atoms with E-state index >= 15 is 0 Å². The Hall–Kier alpha value is -3.00. The van der Waals surface area contributed by atoms with Crippen LogP contribution in [0.5, 0.6) is 0 Å². The monoisotopic (exact) mass is 344 g/mol. The van der Waals surface area contributed by atoms with Crippen LogP contribution in [-0.4, -0.2) is 0 Å². The van der Waals surface area contributed by atoms with Crippen LogP contribution < -0.4 is 0 Å². The van der Waals surface area contributed by atoms with E-state index in [4.69, 9.17) is 0 Å². The van der Waals surface area contributed by atoms with Gasteiger partial charge in [-0.1, -0.05) is 77.9 Å². The Balaban J connectivity index is 1.81. The zero-order chi connectivity index (χ0) is 18.3. The quantitative estimate of drug-likeness (QED) is 0.365. The molecule has 0 heterocycles. The predicted octanol–water partition coefficient (Wildman–Crippen LogP) is 7.07. The molecule has 0 aliphatic carbocycles. The predicted molar refractivity (Wildman–Crippen MR) is 104 cm³/mol. The number of aryl methyl sites for hydroxylation is 2. The Labute approximate surface area is 151 Å². The highest BCUT2D eigenvalue weighted by Gasteiger charge is 2.16. The van der Waals surface area contributed by atoms with Crippen molar-refractivity contribution in [3.63, 3.8) is 0 Å². The molecular formula is C24H18F2. The van der Waals surface area contributed by atoms with E-state index in [0.717, 1.165) is 16.3 Å². The van der Waals surface area contributed by atoms with Gasteiger partial charge in [0.2, 0.25) is 0 Å². The molecule has 0 spiro atoms. The van der Waals surface area contributed by atoms with Gasteiger partial charge in [-0.3, -0.25) is 0 Å². The van der Waals surface area contributed by atoms with Crippen molar-refractivity contribution in [1.82, 2.24) is 0 Å². The number of hydrogen-bond donors (Lipinski definition) is 0. The normalized spacial score (nSPS) is 11.1. The molecule has 2 heteroatoms. The summed E-state index contributed by atoms with van der Waals surface area (Å²) in [4.78, 5) is 0. The van der Waals surface area contributed by atoms with Crippen molar-refractivity contribution in [2.45, 2.75) is 13.8 Å². The van der Waals surface area contributed by atoms with Crippen LogP contribution in [0.2, 0.25) is 0 Å². The highest BCUT2D eigenvalue weighted by Crippen LogP contribution is 2.33. The molecule has 0 saturated carbocycles. The molecule has 0 amide bonds. The lowest BCUT2D eigenvalue weighted by atomic mass is 9.96. The first kappa shape index (κ1) is 16.5. The summed E-state index contributed by atoms with van der Waals surface area (Å²) >= 11 is 0. The summed E-state index contributed by atoms with van der Waals surface area (Å²) in [7, 11) is 0. The third-order valence-electron chi connectivity index (χ3n) is 4.75. The molecule has 0 bridgehead atoms. The van der Waals surface area contributed by atoms with Gasteiger partial charge in [0.15, 0.2) is 11.6 Å². The van der Waals surface area contributed by atoms with Gasteiger partial charge in [0.25, 0.3) is 0 Å². The summed E-state index contributed by atoms with van der Waals surface area (Å²) < 4.78 is 29.5. The fourth-order valence-electron chi connectivity index (χ4n) is 3.26. The maximum atomic E-state index is 14.8. The van der Waals surface area contributed by atoms with Gasteiger partial charge in [-0.25, -0.2) is 8.78 Å². The third kappa shape index (κ3) is 2.88. The Morgan fingerprint density at radius 1 is 0.500 bits per heavy atom. The maximum Gasteiger partial charge on any atom is 0.167 e. The molecule has 0 saturated heterocycles. The number of rotatable bonds is 2. The maximum absolute atomic E-state index is 14.8. The second-order valence-electron chi connectivity index (χ2n) is 6.72. The van der Waals surface area contributed by atoms with Crippen molar-refractivity contribution in [1.29, 1.82) is 0 Å². The first-order chi connectivity index (χ1) is 12.5. The van der Waals surface area contributed by atoms with Gasteiger partial charge in [-0.15, -0.1) is 0 Å². The van der Waals surface area contributed by atoms with Crippen LogP contribution in [0.1, 0.15) is 11.1 Å². The van der Waals surface area contributed by atoms with Crippen molar-refractivity contribution in [2.24, 2.45) is 0 Å².